The molecule has 1 nitrogen and oxygen atoms in total. The molecular weight excluding hydrogens is 274 g/mol. The molecular formula is C15H26BrN. The molecule has 0 aliphatic carbocycles. The molecule has 17 heavy (non-hydrogen) atoms. The fraction of sp³-hybridized carbons (Fsp3) is 0.600. The van der Waals surface area contributed by atoms with Gasteiger partial charge >= 0.3 is 0 Å². The molecule has 2 heteroatoms. The molecule has 0 heterocycles. The van der Waals surface area contributed by atoms with Gasteiger partial charge in [0.2, 0.25) is 0 Å². The van der Waals surface area contributed by atoms with Gasteiger partial charge in [-0.2, -0.15) is 0 Å². The monoisotopic (exact) mass is 299 g/mol. The molecule has 0 fully saturated rings. The summed E-state index contributed by atoms with van der Waals surface area (Å²) in [6.07, 6.45) is 2.56. The first-order valence-electron chi connectivity index (χ1n) is 6.65. The molecule has 1 aromatic rings. The molecule has 0 radical (unpaired) electrons. The summed E-state index contributed by atoms with van der Waals surface area (Å²) in [7, 11) is 0. The SMILES string of the molecule is CCC[N+](CC)(CCC)Cc1ccccc1.[Br-]. The molecule has 0 bridgehead atoms. The molecule has 0 spiro atoms. The molecule has 0 aromatic heterocycles. The van der Waals surface area contributed by atoms with Gasteiger partial charge in [-0.15, -0.1) is 0 Å². The highest BCUT2D eigenvalue weighted by Gasteiger charge is 2.23. The molecule has 0 saturated carbocycles. The highest BCUT2D eigenvalue weighted by Crippen LogP contribution is 2.16. The molecule has 98 valence electrons. The molecule has 1 aromatic carbocycles. The van der Waals surface area contributed by atoms with E-state index in [0.717, 1.165) is 0 Å². The van der Waals surface area contributed by atoms with Gasteiger partial charge in [0.1, 0.15) is 6.54 Å². The van der Waals surface area contributed by atoms with Crippen LogP contribution in [0.15, 0.2) is 30.3 Å². The largest absolute Gasteiger partial charge is 1.00 e. The number of hydrogen-bond donors (Lipinski definition) is 0. The second-order valence-corrected chi connectivity index (χ2v) is 4.75. The Balaban J connectivity index is 0.00000256. The summed E-state index contributed by atoms with van der Waals surface area (Å²) in [6.45, 7) is 12.0. The summed E-state index contributed by atoms with van der Waals surface area (Å²) in [5.74, 6) is 0. The molecule has 1 rings (SSSR count). The normalized spacial score (nSPS) is 11.0. The third-order valence-electron chi connectivity index (χ3n) is 3.43. The first-order chi connectivity index (χ1) is 7.76. The van der Waals surface area contributed by atoms with Crippen LogP contribution in [0.5, 0.6) is 0 Å². The lowest BCUT2D eigenvalue weighted by atomic mass is 10.1. The number of rotatable bonds is 7. The van der Waals surface area contributed by atoms with E-state index in [4.69, 9.17) is 0 Å². The van der Waals surface area contributed by atoms with Crippen LogP contribution in [0.2, 0.25) is 0 Å². The highest BCUT2D eigenvalue weighted by atomic mass is 79.9. The molecule has 0 aliphatic rings. The Morgan fingerprint density at radius 1 is 0.882 bits per heavy atom. The predicted octanol–water partition coefficient (Wildman–Crippen LogP) is 0.847. The van der Waals surface area contributed by atoms with E-state index in [0.29, 0.717) is 0 Å². The molecule has 0 atom stereocenters. The van der Waals surface area contributed by atoms with Crippen molar-refractivity contribution < 1.29 is 21.5 Å². The van der Waals surface area contributed by atoms with Crippen LogP contribution in [0.3, 0.4) is 0 Å². The molecule has 0 aliphatic heterocycles. The fourth-order valence-electron chi connectivity index (χ4n) is 2.62. The number of quaternary nitrogens is 1. The molecule has 0 N–H and O–H groups in total. The maximum atomic E-state index is 2.33. The van der Waals surface area contributed by atoms with Crippen LogP contribution >= 0.6 is 0 Å². The van der Waals surface area contributed by atoms with Gasteiger partial charge in [-0.1, -0.05) is 44.2 Å². The van der Waals surface area contributed by atoms with E-state index in [-0.39, 0.29) is 17.0 Å². The van der Waals surface area contributed by atoms with E-state index in [1.807, 2.05) is 0 Å². The van der Waals surface area contributed by atoms with Crippen LogP contribution in [0, 0.1) is 0 Å². The minimum absolute atomic E-state index is 0. The zero-order valence-corrected chi connectivity index (χ0v) is 13.0. The summed E-state index contributed by atoms with van der Waals surface area (Å²) in [5.41, 5.74) is 1.48. The van der Waals surface area contributed by atoms with Gasteiger partial charge in [0.25, 0.3) is 0 Å². The highest BCUT2D eigenvalue weighted by molar-refractivity contribution is 5.13. The lowest BCUT2D eigenvalue weighted by Gasteiger charge is -2.37. The summed E-state index contributed by atoms with van der Waals surface area (Å²) in [6, 6.07) is 10.9. The van der Waals surface area contributed by atoms with Crippen molar-refractivity contribution in [2.45, 2.75) is 40.2 Å². The van der Waals surface area contributed by atoms with E-state index in [9.17, 15) is 0 Å². The Hall–Kier alpha value is -0.340. The lowest BCUT2D eigenvalue weighted by Crippen LogP contribution is -3.00. The summed E-state index contributed by atoms with van der Waals surface area (Å²) in [4.78, 5) is 0. The van der Waals surface area contributed by atoms with Gasteiger partial charge < -0.3 is 21.5 Å². The average molecular weight is 300 g/mol. The lowest BCUT2D eigenvalue weighted by molar-refractivity contribution is -0.939. The molecule has 0 saturated heterocycles. The zero-order valence-electron chi connectivity index (χ0n) is 11.5. The van der Waals surface area contributed by atoms with Crippen molar-refractivity contribution >= 4 is 0 Å². The Morgan fingerprint density at radius 3 is 1.82 bits per heavy atom. The van der Waals surface area contributed by atoms with Crippen molar-refractivity contribution in [1.82, 2.24) is 0 Å². The number of halogens is 1. The Kier molecular flexibility index (Phi) is 8.53. The average Bonchev–Trinajstić information content (AvgIpc) is 2.31. The van der Waals surface area contributed by atoms with Crippen molar-refractivity contribution in [3.05, 3.63) is 35.9 Å². The second-order valence-electron chi connectivity index (χ2n) is 4.75. The standard InChI is InChI=1S/C15H26N.BrH/c1-4-12-16(6-3,13-5-2)14-15-10-8-7-9-11-15;/h7-11H,4-6,12-14H2,1-3H3;1H/q+1;/p-1. The molecule has 0 amide bonds. The third-order valence-corrected chi connectivity index (χ3v) is 3.43. The maximum Gasteiger partial charge on any atom is 0.104 e. The first-order valence-corrected chi connectivity index (χ1v) is 6.65. The Labute approximate surface area is 117 Å². The van der Waals surface area contributed by atoms with Crippen LogP contribution < -0.4 is 17.0 Å². The van der Waals surface area contributed by atoms with Crippen molar-refractivity contribution in [1.29, 1.82) is 0 Å². The van der Waals surface area contributed by atoms with Gasteiger partial charge in [-0.05, 0) is 19.8 Å². The first kappa shape index (κ1) is 16.7. The van der Waals surface area contributed by atoms with Crippen LogP contribution in [0.4, 0.5) is 0 Å². The van der Waals surface area contributed by atoms with E-state index in [1.54, 1.807) is 0 Å². The fourth-order valence-corrected chi connectivity index (χ4v) is 2.62. The van der Waals surface area contributed by atoms with Gasteiger partial charge in [0.05, 0.1) is 19.6 Å². The van der Waals surface area contributed by atoms with Crippen LogP contribution in [-0.2, 0) is 6.54 Å². The van der Waals surface area contributed by atoms with Gasteiger partial charge in [-0.3, -0.25) is 0 Å². The van der Waals surface area contributed by atoms with E-state index < -0.39 is 0 Å². The topological polar surface area (TPSA) is 0 Å². The van der Waals surface area contributed by atoms with Gasteiger partial charge in [0.15, 0.2) is 0 Å². The van der Waals surface area contributed by atoms with Crippen molar-refractivity contribution in [2.24, 2.45) is 0 Å². The summed E-state index contributed by atoms with van der Waals surface area (Å²) >= 11 is 0. The van der Waals surface area contributed by atoms with Crippen LogP contribution in [-0.4, -0.2) is 24.1 Å². The van der Waals surface area contributed by atoms with Crippen molar-refractivity contribution in [3.63, 3.8) is 0 Å². The predicted molar refractivity (Wildman–Crippen MR) is 71.3 cm³/mol. The Bertz CT molecular complexity index is 278. The number of hydrogen-bond acceptors (Lipinski definition) is 0. The van der Waals surface area contributed by atoms with Gasteiger partial charge in [-0.25, -0.2) is 0 Å². The third kappa shape index (κ3) is 5.22. The Morgan fingerprint density at radius 2 is 1.41 bits per heavy atom. The minimum Gasteiger partial charge on any atom is -1.00 e. The van der Waals surface area contributed by atoms with E-state index in [2.05, 4.69) is 51.1 Å². The quantitative estimate of drug-likeness (QED) is 0.655. The summed E-state index contributed by atoms with van der Waals surface area (Å²) in [5, 5.41) is 0. The van der Waals surface area contributed by atoms with Crippen molar-refractivity contribution in [2.75, 3.05) is 19.6 Å². The maximum absolute atomic E-state index is 2.33. The van der Waals surface area contributed by atoms with Crippen LogP contribution in [0.25, 0.3) is 0 Å². The van der Waals surface area contributed by atoms with E-state index >= 15 is 0 Å². The van der Waals surface area contributed by atoms with E-state index in [1.165, 1.54) is 49.1 Å². The zero-order chi connectivity index (χ0) is 11.9. The van der Waals surface area contributed by atoms with Crippen LogP contribution in [0.1, 0.15) is 39.2 Å². The van der Waals surface area contributed by atoms with Crippen molar-refractivity contribution in [3.8, 4) is 0 Å². The second kappa shape index (κ2) is 8.71. The number of nitrogens with zero attached hydrogens (tertiary/aromatic N) is 1. The van der Waals surface area contributed by atoms with Gasteiger partial charge in [0, 0.05) is 5.56 Å². The molecule has 0 unspecified atom stereocenters. The summed E-state index contributed by atoms with van der Waals surface area (Å²) < 4.78 is 1.25. The smallest absolute Gasteiger partial charge is 0.104 e. The number of benzene rings is 1. The minimum atomic E-state index is 0.